The molecule has 2 N–H and O–H groups in total. The minimum Gasteiger partial charge on any atom is -0.481 e. The van der Waals surface area contributed by atoms with Crippen molar-refractivity contribution in [2.45, 2.75) is 52.0 Å². The lowest BCUT2D eigenvalue weighted by Crippen LogP contribution is -2.40. The molecule has 2 rings (SSSR count). The van der Waals surface area contributed by atoms with Crippen molar-refractivity contribution in [1.82, 2.24) is 5.32 Å². The number of hydrogen-bond acceptors (Lipinski definition) is 2. The van der Waals surface area contributed by atoms with Crippen LogP contribution in [0.2, 0.25) is 0 Å². The number of nitrogens with one attached hydrogen (secondary N) is 1. The van der Waals surface area contributed by atoms with E-state index < -0.39 is 5.97 Å². The zero-order chi connectivity index (χ0) is 16.1. The molecule has 0 heterocycles. The molecule has 0 aromatic heterocycles. The second-order valence-corrected chi connectivity index (χ2v) is 6.43. The summed E-state index contributed by atoms with van der Waals surface area (Å²) in [5.74, 6) is -0.958. The first-order valence-electron chi connectivity index (χ1n) is 8.05. The van der Waals surface area contributed by atoms with E-state index in [-0.39, 0.29) is 23.8 Å². The highest BCUT2D eigenvalue weighted by molar-refractivity contribution is 5.79. The number of rotatable bonds is 5. The summed E-state index contributed by atoms with van der Waals surface area (Å²) < 4.78 is 0. The van der Waals surface area contributed by atoms with Gasteiger partial charge in [-0.3, -0.25) is 9.59 Å². The monoisotopic (exact) mass is 303 g/mol. The van der Waals surface area contributed by atoms with Gasteiger partial charge in [0.05, 0.1) is 5.92 Å². The number of carbonyl (C=O) groups excluding carboxylic acids is 1. The number of aryl methyl sites for hydroxylation is 1. The van der Waals surface area contributed by atoms with Gasteiger partial charge in [0.2, 0.25) is 5.91 Å². The molecule has 1 aliphatic rings. The molecule has 0 spiro atoms. The second-order valence-electron chi connectivity index (χ2n) is 6.43. The van der Waals surface area contributed by atoms with Crippen LogP contribution in [-0.4, -0.2) is 23.0 Å². The van der Waals surface area contributed by atoms with E-state index in [1.54, 1.807) is 0 Å². The number of amides is 1. The first-order chi connectivity index (χ1) is 10.5. The minimum atomic E-state index is -0.730. The number of carboxylic acid groups (broad SMARTS) is 1. The molecule has 1 fully saturated rings. The van der Waals surface area contributed by atoms with Crippen LogP contribution in [0.4, 0.5) is 0 Å². The lowest BCUT2D eigenvalue weighted by molar-refractivity contribution is -0.144. The first-order valence-corrected chi connectivity index (χ1v) is 8.05. The Morgan fingerprint density at radius 2 is 1.77 bits per heavy atom. The molecule has 0 radical (unpaired) electrons. The molecule has 1 aromatic rings. The molecule has 0 saturated heterocycles. The topological polar surface area (TPSA) is 66.4 Å². The fraction of sp³-hybridized carbons (Fsp3) is 0.556. The molecule has 120 valence electrons. The number of benzene rings is 1. The fourth-order valence-corrected chi connectivity index (χ4v) is 3.18. The molecule has 1 atom stereocenters. The van der Waals surface area contributed by atoms with Gasteiger partial charge in [-0.05, 0) is 57.1 Å². The molecule has 1 unspecified atom stereocenters. The summed E-state index contributed by atoms with van der Waals surface area (Å²) in [7, 11) is 0. The number of carbonyl (C=O) groups is 2. The first kappa shape index (κ1) is 16.5. The van der Waals surface area contributed by atoms with Gasteiger partial charge in [-0.15, -0.1) is 0 Å². The van der Waals surface area contributed by atoms with E-state index >= 15 is 0 Å². The van der Waals surface area contributed by atoms with Gasteiger partial charge in [0, 0.05) is 12.0 Å². The zero-order valence-corrected chi connectivity index (χ0v) is 13.3. The molecular formula is C18H25NO3. The van der Waals surface area contributed by atoms with Gasteiger partial charge < -0.3 is 10.4 Å². The van der Waals surface area contributed by atoms with Crippen molar-refractivity contribution in [2.75, 3.05) is 0 Å². The van der Waals surface area contributed by atoms with Crippen molar-refractivity contribution in [2.24, 2.45) is 11.8 Å². The van der Waals surface area contributed by atoms with Crippen LogP contribution in [0.5, 0.6) is 0 Å². The van der Waals surface area contributed by atoms with E-state index in [0.717, 1.165) is 6.42 Å². The zero-order valence-electron chi connectivity index (χ0n) is 13.3. The standard InChI is InChI=1S/C18H25NO3/c1-12-5-3-4-6-16(12)11-13(2)19-17(20)14-7-9-15(10-8-14)18(21)22/h3-6,13-15H,7-11H2,1-2H3,(H,19,20)(H,21,22). The average molecular weight is 303 g/mol. The molecule has 0 aliphatic heterocycles. The van der Waals surface area contributed by atoms with Crippen LogP contribution in [0.15, 0.2) is 24.3 Å². The number of aliphatic carboxylic acids is 1. The van der Waals surface area contributed by atoms with Crippen molar-refractivity contribution >= 4 is 11.9 Å². The van der Waals surface area contributed by atoms with Crippen LogP contribution in [0, 0.1) is 18.8 Å². The molecule has 1 aromatic carbocycles. The van der Waals surface area contributed by atoms with Crippen LogP contribution >= 0.6 is 0 Å². The molecule has 1 amide bonds. The van der Waals surface area contributed by atoms with E-state index in [2.05, 4.69) is 24.4 Å². The Balaban J connectivity index is 1.82. The van der Waals surface area contributed by atoms with Crippen molar-refractivity contribution in [3.8, 4) is 0 Å². The van der Waals surface area contributed by atoms with Gasteiger partial charge in [-0.25, -0.2) is 0 Å². The third-order valence-corrected chi connectivity index (χ3v) is 4.62. The predicted octanol–water partition coefficient (Wildman–Crippen LogP) is 2.93. The Kier molecular flexibility index (Phi) is 5.58. The fourth-order valence-electron chi connectivity index (χ4n) is 3.18. The molecule has 1 saturated carbocycles. The summed E-state index contributed by atoms with van der Waals surface area (Å²) in [5.41, 5.74) is 2.50. The summed E-state index contributed by atoms with van der Waals surface area (Å²) in [6, 6.07) is 8.30. The largest absolute Gasteiger partial charge is 0.481 e. The second kappa shape index (κ2) is 7.43. The summed E-state index contributed by atoms with van der Waals surface area (Å²) in [4.78, 5) is 23.2. The van der Waals surface area contributed by atoms with E-state index in [1.807, 2.05) is 19.1 Å². The van der Waals surface area contributed by atoms with Gasteiger partial charge >= 0.3 is 5.97 Å². The summed E-state index contributed by atoms with van der Waals surface area (Å²) in [5, 5.41) is 12.1. The van der Waals surface area contributed by atoms with E-state index in [1.165, 1.54) is 11.1 Å². The Morgan fingerprint density at radius 1 is 1.18 bits per heavy atom. The Hall–Kier alpha value is -1.84. The lowest BCUT2D eigenvalue weighted by Gasteiger charge is -2.26. The Bertz CT molecular complexity index is 533. The van der Waals surface area contributed by atoms with Gasteiger partial charge in [-0.2, -0.15) is 0 Å². The van der Waals surface area contributed by atoms with Gasteiger partial charge in [-0.1, -0.05) is 24.3 Å². The predicted molar refractivity (Wildman–Crippen MR) is 85.6 cm³/mol. The maximum Gasteiger partial charge on any atom is 0.306 e. The van der Waals surface area contributed by atoms with E-state index in [0.29, 0.717) is 25.7 Å². The molecule has 4 heteroatoms. The van der Waals surface area contributed by atoms with Crippen LogP contribution in [0.3, 0.4) is 0 Å². The van der Waals surface area contributed by atoms with Crippen LogP contribution in [0.1, 0.15) is 43.7 Å². The van der Waals surface area contributed by atoms with E-state index in [9.17, 15) is 9.59 Å². The van der Waals surface area contributed by atoms with Crippen LogP contribution in [0.25, 0.3) is 0 Å². The normalized spacial score (nSPS) is 22.8. The number of hydrogen-bond donors (Lipinski definition) is 2. The molecule has 4 nitrogen and oxygen atoms in total. The van der Waals surface area contributed by atoms with Gasteiger partial charge in [0.1, 0.15) is 0 Å². The van der Waals surface area contributed by atoms with Crippen molar-refractivity contribution in [1.29, 1.82) is 0 Å². The molecule has 1 aliphatic carbocycles. The van der Waals surface area contributed by atoms with E-state index in [4.69, 9.17) is 5.11 Å². The van der Waals surface area contributed by atoms with Crippen molar-refractivity contribution < 1.29 is 14.7 Å². The Morgan fingerprint density at radius 3 is 2.36 bits per heavy atom. The third-order valence-electron chi connectivity index (χ3n) is 4.62. The minimum absolute atomic E-state index is 0.0325. The SMILES string of the molecule is Cc1ccccc1CC(C)NC(=O)C1CCC(C(=O)O)CC1. The summed E-state index contributed by atoms with van der Waals surface area (Å²) in [6.07, 6.45) is 3.40. The quantitative estimate of drug-likeness (QED) is 0.879. The lowest BCUT2D eigenvalue weighted by atomic mass is 9.81. The smallest absolute Gasteiger partial charge is 0.306 e. The molecule has 0 bridgehead atoms. The van der Waals surface area contributed by atoms with Gasteiger partial charge in [0.15, 0.2) is 0 Å². The highest BCUT2D eigenvalue weighted by atomic mass is 16.4. The Labute approximate surface area is 131 Å². The van der Waals surface area contributed by atoms with Crippen LogP contribution in [-0.2, 0) is 16.0 Å². The molecular weight excluding hydrogens is 278 g/mol. The highest BCUT2D eigenvalue weighted by Crippen LogP contribution is 2.29. The summed E-state index contributed by atoms with van der Waals surface area (Å²) in [6.45, 7) is 4.10. The van der Waals surface area contributed by atoms with Gasteiger partial charge in [0.25, 0.3) is 0 Å². The highest BCUT2D eigenvalue weighted by Gasteiger charge is 2.30. The maximum atomic E-state index is 12.3. The van der Waals surface area contributed by atoms with Crippen molar-refractivity contribution in [3.05, 3.63) is 35.4 Å². The summed E-state index contributed by atoms with van der Waals surface area (Å²) >= 11 is 0. The van der Waals surface area contributed by atoms with Crippen molar-refractivity contribution in [3.63, 3.8) is 0 Å². The number of carboxylic acids is 1. The average Bonchev–Trinajstić information content (AvgIpc) is 2.49. The molecule has 22 heavy (non-hydrogen) atoms. The van der Waals surface area contributed by atoms with Crippen LogP contribution < -0.4 is 5.32 Å². The third kappa shape index (κ3) is 4.33. The maximum absolute atomic E-state index is 12.3.